The van der Waals surface area contributed by atoms with E-state index < -0.39 is 0 Å². The smallest absolute Gasteiger partial charge is 0.274 e. The number of pyridine rings is 1. The van der Waals surface area contributed by atoms with Crippen LogP contribution < -0.4 is 5.32 Å². The number of fused-ring (bicyclic) bond motifs is 1. The number of hydrogen-bond acceptors (Lipinski definition) is 5. The monoisotopic (exact) mass is 327 g/mol. The Hall–Kier alpha value is -2.25. The topological polar surface area (TPSA) is 72.3 Å². The first kappa shape index (κ1) is 15.3. The molecule has 2 aliphatic heterocycles. The first-order valence-electron chi connectivity index (χ1n) is 8.39. The number of amides is 1. The molecule has 0 aromatic carbocycles. The van der Waals surface area contributed by atoms with Crippen LogP contribution in [-0.4, -0.2) is 58.4 Å². The van der Waals surface area contributed by atoms with Crippen LogP contribution in [0.5, 0.6) is 0 Å². The second kappa shape index (κ2) is 6.70. The van der Waals surface area contributed by atoms with E-state index in [2.05, 4.69) is 15.4 Å². The minimum atomic E-state index is 0.0121. The van der Waals surface area contributed by atoms with Gasteiger partial charge in [-0.25, -0.2) is 0 Å². The van der Waals surface area contributed by atoms with E-state index in [9.17, 15) is 4.79 Å². The van der Waals surface area contributed by atoms with Crippen molar-refractivity contribution in [1.29, 1.82) is 0 Å². The molecule has 1 saturated heterocycles. The summed E-state index contributed by atoms with van der Waals surface area (Å²) in [5.41, 5.74) is 3.71. The van der Waals surface area contributed by atoms with Crippen LogP contribution in [0.4, 0.5) is 0 Å². The molecule has 1 amide bonds. The lowest BCUT2D eigenvalue weighted by atomic mass is 10.1. The average Bonchev–Trinajstić information content (AvgIpc) is 3.01. The van der Waals surface area contributed by atoms with E-state index in [0.29, 0.717) is 45.1 Å². The van der Waals surface area contributed by atoms with Crippen LogP contribution in [0.2, 0.25) is 0 Å². The van der Waals surface area contributed by atoms with Gasteiger partial charge >= 0.3 is 0 Å². The van der Waals surface area contributed by atoms with E-state index in [4.69, 9.17) is 4.74 Å². The standard InChI is InChI=1S/C17H21N5O2/c23-17(21-7-9-24-10-8-21)16-14-11-18-6-4-15(14)22(20-16)12-13-3-1-2-5-19-13/h1-3,5,18H,4,6-12H2. The molecule has 0 atom stereocenters. The summed E-state index contributed by atoms with van der Waals surface area (Å²) in [6.45, 7) is 4.67. The number of aromatic nitrogens is 3. The first-order valence-corrected chi connectivity index (χ1v) is 8.39. The number of carbonyl (C=O) groups excluding carboxylic acids is 1. The molecule has 0 saturated carbocycles. The van der Waals surface area contributed by atoms with Crippen molar-refractivity contribution in [1.82, 2.24) is 25.0 Å². The van der Waals surface area contributed by atoms with Crippen molar-refractivity contribution in [2.75, 3.05) is 32.8 Å². The molecule has 1 fully saturated rings. The summed E-state index contributed by atoms with van der Waals surface area (Å²) in [5, 5.41) is 8.02. The summed E-state index contributed by atoms with van der Waals surface area (Å²) in [5.74, 6) is 0.0121. The molecular weight excluding hydrogens is 306 g/mol. The molecule has 2 aliphatic rings. The molecule has 1 N–H and O–H groups in total. The Balaban J connectivity index is 1.65. The zero-order chi connectivity index (χ0) is 16.4. The quantitative estimate of drug-likeness (QED) is 0.886. The lowest BCUT2D eigenvalue weighted by molar-refractivity contribution is 0.0297. The minimum Gasteiger partial charge on any atom is -0.378 e. The molecule has 7 heteroatoms. The predicted molar refractivity (Wildman–Crippen MR) is 87.7 cm³/mol. The molecule has 24 heavy (non-hydrogen) atoms. The van der Waals surface area contributed by atoms with Gasteiger partial charge in [0.25, 0.3) is 5.91 Å². The van der Waals surface area contributed by atoms with E-state index in [1.54, 1.807) is 6.20 Å². The fourth-order valence-corrected chi connectivity index (χ4v) is 3.28. The number of rotatable bonds is 3. The maximum Gasteiger partial charge on any atom is 0.274 e. The number of carbonyl (C=O) groups is 1. The average molecular weight is 327 g/mol. The van der Waals surface area contributed by atoms with Crippen LogP contribution in [0.3, 0.4) is 0 Å². The number of ether oxygens (including phenoxy) is 1. The number of nitrogens with one attached hydrogen (secondary N) is 1. The van der Waals surface area contributed by atoms with Crippen molar-refractivity contribution < 1.29 is 9.53 Å². The van der Waals surface area contributed by atoms with Gasteiger partial charge in [0.2, 0.25) is 0 Å². The van der Waals surface area contributed by atoms with Crippen LogP contribution in [0.25, 0.3) is 0 Å². The van der Waals surface area contributed by atoms with Gasteiger partial charge in [-0.05, 0) is 12.1 Å². The molecule has 0 radical (unpaired) electrons. The molecule has 126 valence electrons. The molecule has 7 nitrogen and oxygen atoms in total. The lowest BCUT2D eigenvalue weighted by Gasteiger charge is -2.26. The fourth-order valence-electron chi connectivity index (χ4n) is 3.28. The van der Waals surface area contributed by atoms with Gasteiger partial charge in [0.05, 0.1) is 25.5 Å². The number of morpholine rings is 1. The molecule has 0 aliphatic carbocycles. The molecule has 0 spiro atoms. The Bertz CT molecular complexity index is 722. The van der Waals surface area contributed by atoms with Crippen LogP contribution in [0.1, 0.15) is 27.4 Å². The second-order valence-corrected chi connectivity index (χ2v) is 6.08. The number of hydrogen-bond donors (Lipinski definition) is 1. The summed E-state index contributed by atoms with van der Waals surface area (Å²) < 4.78 is 7.29. The van der Waals surface area contributed by atoms with Crippen molar-refractivity contribution in [2.45, 2.75) is 19.5 Å². The van der Waals surface area contributed by atoms with Gasteiger partial charge in [-0.1, -0.05) is 6.07 Å². The van der Waals surface area contributed by atoms with E-state index >= 15 is 0 Å². The largest absolute Gasteiger partial charge is 0.378 e. The Morgan fingerprint density at radius 2 is 2.17 bits per heavy atom. The van der Waals surface area contributed by atoms with Gasteiger partial charge in [-0.15, -0.1) is 0 Å². The Labute approximate surface area is 140 Å². The molecular formula is C17H21N5O2. The molecule has 4 heterocycles. The maximum atomic E-state index is 12.9. The first-order chi connectivity index (χ1) is 11.8. The van der Waals surface area contributed by atoms with Gasteiger partial charge in [0, 0.05) is 50.1 Å². The van der Waals surface area contributed by atoms with Crippen LogP contribution in [0, 0.1) is 0 Å². The Kier molecular flexibility index (Phi) is 4.27. The highest BCUT2D eigenvalue weighted by Crippen LogP contribution is 2.21. The van der Waals surface area contributed by atoms with Crippen LogP contribution in [0.15, 0.2) is 24.4 Å². The highest BCUT2D eigenvalue weighted by atomic mass is 16.5. The number of nitrogens with zero attached hydrogens (tertiary/aromatic N) is 4. The third kappa shape index (κ3) is 2.92. The summed E-state index contributed by atoms with van der Waals surface area (Å²) in [6.07, 6.45) is 2.66. The Morgan fingerprint density at radius 3 is 2.96 bits per heavy atom. The van der Waals surface area contributed by atoms with Gasteiger partial charge in [0.15, 0.2) is 5.69 Å². The molecule has 0 unspecified atom stereocenters. The zero-order valence-electron chi connectivity index (χ0n) is 13.6. The predicted octanol–water partition coefficient (Wildman–Crippen LogP) is 0.444. The van der Waals surface area contributed by atoms with E-state index in [1.165, 1.54) is 0 Å². The van der Waals surface area contributed by atoms with Gasteiger partial charge in [-0.3, -0.25) is 14.5 Å². The van der Waals surface area contributed by atoms with E-state index in [0.717, 1.165) is 29.9 Å². The van der Waals surface area contributed by atoms with Crippen molar-refractivity contribution in [2.24, 2.45) is 0 Å². The maximum absolute atomic E-state index is 12.9. The molecule has 0 bridgehead atoms. The van der Waals surface area contributed by atoms with Crippen molar-refractivity contribution in [3.63, 3.8) is 0 Å². The van der Waals surface area contributed by atoms with Crippen LogP contribution >= 0.6 is 0 Å². The molecule has 2 aromatic heterocycles. The third-order valence-electron chi connectivity index (χ3n) is 4.55. The fraction of sp³-hybridized carbons (Fsp3) is 0.471. The van der Waals surface area contributed by atoms with Crippen molar-refractivity contribution >= 4 is 5.91 Å². The Morgan fingerprint density at radius 1 is 1.29 bits per heavy atom. The van der Waals surface area contributed by atoms with Gasteiger partial charge in [0.1, 0.15) is 0 Å². The van der Waals surface area contributed by atoms with Crippen LogP contribution in [-0.2, 0) is 24.2 Å². The van der Waals surface area contributed by atoms with E-state index in [1.807, 2.05) is 27.8 Å². The van der Waals surface area contributed by atoms with Gasteiger partial charge < -0.3 is 15.0 Å². The molecule has 4 rings (SSSR count). The summed E-state index contributed by atoms with van der Waals surface area (Å²) in [6, 6.07) is 5.86. The second-order valence-electron chi connectivity index (χ2n) is 6.08. The lowest BCUT2D eigenvalue weighted by Crippen LogP contribution is -2.41. The van der Waals surface area contributed by atoms with E-state index in [-0.39, 0.29) is 5.91 Å². The normalized spacial score (nSPS) is 17.6. The van der Waals surface area contributed by atoms with Gasteiger partial charge in [-0.2, -0.15) is 5.10 Å². The highest BCUT2D eigenvalue weighted by Gasteiger charge is 2.28. The van der Waals surface area contributed by atoms with Crippen molar-refractivity contribution in [3.05, 3.63) is 47.0 Å². The summed E-state index contributed by atoms with van der Waals surface area (Å²) in [7, 11) is 0. The highest BCUT2D eigenvalue weighted by molar-refractivity contribution is 5.94. The third-order valence-corrected chi connectivity index (χ3v) is 4.55. The van der Waals surface area contributed by atoms with Crippen molar-refractivity contribution in [3.8, 4) is 0 Å². The minimum absolute atomic E-state index is 0.0121. The summed E-state index contributed by atoms with van der Waals surface area (Å²) in [4.78, 5) is 19.1. The molecule has 2 aromatic rings. The SMILES string of the molecule is O=C(c1nn(Cc2ccccn2)c2c1CNCC2)N1CCOCC1. The summed E-state index contributed by atoms with van der Waals surface area (Å²) >= 11 is 0. The zero-order valence-corrected chi connectivity index (χ0v) is 13.6.